The van der Waals surface area contributed by atoms with Crippen molar-refractivity contribution < 1.29 is 13.2 Å². The molecule has 1 fully saturated rings. The summed E-state index contributed by atoms with van der Waals surface area (Å²) in [6.45, 7) is 8.64. The van der Waals surface area contributed by atoms with E-state index in [9.17, 15) is 8.42 Å². The zero-order chi connectivity index (χ0) is 15.5. The lowest BCUT2D eigenvalue weighted by atomic mass is 10.0. The van der Waals surface area contributed by atoms with Crippen LogP contribution in [0.3, 0.4) is 0 Å². The zero-order valence-electron chi connectivity index (χ0n) is 12.8. The number of sulfonamides is 1. The Morgan fingerprint density at radius 2 is 2.24 bits per heavy atom. The van der Waals surface area contributed by atoms with Crippen molar-refractivity contribution in [2.75, 3.05) is 19.7 Å². The lowest BCUT2D eigenvalue weighted by Crippen LogP contribution is -2.32. The van der Waals surface area contributed by atoms with Gasteiger partial charge in [-0.2, -0.15) is 0 Å². The molecule has 7 heteroatoms. The summed E-state index contributed by atoms with van der Waals surface area (Å²) in [5.74, 6) is 0.264. The third-order valence-electron chi connectivity index (χ3n) is 3.83. The molecule has 2 unspecified atom stereocenters. The Kier molecular flexibility index (Phi) is 5.79. The largest absolute Gasteiger partial charge is 0.378 e. The van der Waals surface area contributed by atoms with E-state index in [0.29, 0.717) is 18.0 Å². The van der Waals surface area contributed by atoms with Gasteiger partial charge in [-0.05, 0) is 32.9 Å². The second-order valence-electron chi connectivity index (χ2n) is 5.39. The molecule has 21 heavy (non-hydrogen) atoms. The monoisotopic (exact) mass is 332 g/mol. The molecule has 1 saturated heterocycles. The summed E-state index contributed by atoms with van der Waals surface area (Å²) in [6.07, 6.45) is 1.04. The fourth-order valence-electron chi connectivity index (χ4n) is 2.46. The Balaban J connectivity index is 2.03. The van der Waals surface area contributed by atoms with Crippen molar-refractivity contribution in [2.45, 2.75) is 44.7 Å². The van der Waals surface area contributed by atoms with Crippen LogP contribution < -0.4 is 10.0 Å². The Hall–Kier alpha value is -0.470. The maximum Gasteiger partial charge on any atom is 0.241 e. The normalized spacial score (nSPS) is 22.8. The fourth-order valence-corrected chi connectivity index (χ4v) is 5.16. The first kappa shape index (κ1) is 16.9. The summed E-state index contributed by atoms with van der Waals surface area (Å²) in [7, 11) is -3.43. The van der Waals surface area contributed by atoms with Crippen LogP contribution in [0.1, 0.15) is 30.0 Å². The van der Waals surface area contributed by atoms with Crippen LogP contribution >= 0.6 is 11.3 Å². The Morgan fingerprint density at radius 1 is 1.48 bits per heavy atom. The Labute approximate surface area is 131 Å². The van der Waals surface area contributed by atoms with Crippen LogP contribution in [0.15, 0.2) is 11.0 Å². The first-order valence-electron chi connectivity index (χ1n) is 7.35. The molecular formula is C14H24N2O3S2. The molecular weight excluding hydrogens is 308 g/mol. The molecule has 2 rings (SSSR count). The molecule has 0 saturated carbocycles. The molecule has 1 aromatic heterocycles. The number of rotatable bonds is 7. The van der Waals surface area contributed by atoms with Gasteiger partial charge in [0, 0.05) is 35.4 Å². The van der Waals surface area contributed by atoms with Crippen molar-refractivity contribution in [3.8, 4) is 0 Å². The van der Waals surface area contributed by atoms with Crippen molar-refractivity contribution in [1.29, 1.82) is 0 Å². The van der Waals surface area contributed by atoms with Gasteiger partial charge in [-0.1, -0.05) is 6.92 Å². The van der Waals surface area contributed by atoms with Crippen molar-refractivity contribution in [1.82, 2.24) is 10.0 Å². The summed E-state index contributed by atoms with van der Waals surface area (Å²) < 4.78 is 33.1. The summed E-state index contributed by atoms with van der Waals surface area (Å²) in [5.41, 5.74) is 0. The average Bonchev–Trinajstić information content (AvgIpc) is 3.00. The summed E-state index contributed by atoms with van der Waals surface area (Å²) in [5, 5.41) is 3.22. The van der Waals surface area contributed by atoms with Gasteiger partial charge in [-0.15, -0.1) is 11.3 Å². The minimum absolute atomic E-state index is 0.126. The number of hydrogen-bond donors (Lipinski definition) is 2. The average molecular weight is 332 g/mol. The number of hydrogen-bond acceptors (Lipinski definition) is 5. The maximum atomic E-state index is 12.4. The van der Waals surface area contributed by atoms with E-state index in [1.54, 1.807) is 6.07 Å². The highest BCUT2D eigenvalue weighted by Gasteiger charge is 2.27. The van der Waals surface area contributed by atoms with Crippen LogP contribution in [0.4, 0.5) is 0 Å². The smallest absolute Gasteiger partial charge is 0.241 e. The van der Waals surface area contributed by atoms with E-state index < -0.39 is 10.0 Å². The molecule has 1 aliphatic rings. The molecule has 1 aromatic rings. The lowest BCUT2D eigenvalue weighted by Gasteiger charge is -2.14. The molecule has 0 aromatic carbocycles. The van der Waals surface area contributed by atoms with Gasteiger partial charge in [0.2, 0.25) is 10.0 Å². The van der Waals surface area contributed by atoms with E-state index in [-0.39, 0.29) is 12.0 Å². The molecule has 0 spiro atoms. The third-order valence-corrected chi connectivity index (χ3v) is 6.56. The van der Waals surface area contributed by atoms with Crippen LogP contribution in [0.5, 0.6) is 0 Å². The molecule has 0 bridgehead atoms. The van der Waals surface area contributed by atoms with Gasteiger partial charge in [0.15, 0.2) is 0 Å². The predicted molar refractivity (Wildman–Crippen MR) is 85.1 cm³/mol. The van der Waals surface area contributed by atoms with Crippen LogP contribution in [0, 0.1) is 12.8 Å². The van der Waals surface area contributed by atoms with E-state index in [0.717, 1.165) is 29.3 Å². The molecule has 5 nitrogen and oxygen atoms in total. The van der Waals surface area contributed by atoms with E-state index >= 15 is 0 Å². The van der Waals surface area contributed by atoms with Gasteiger partial charge in [0.1, 0.15) is 0 Å². The summed E-state index contributed by atoms with van der Waals surface area (Å²) >= 11 is 1.53. The lowest BCUT2D eigenvalue weighted by molar-refractivity contribution is 0.107. The number of ether oxygens (including phenoxy) is 1. The van der Waals surface area contributed by atoms with E-state index in [1.807, 2.05) is 20.8 Å². The van der Waals surface area contributed by atoms with Crippen LogP contribution in [-0.2, 0) is 21.3 Å². The standard InChI is InChI=1S/C14H24N2O3S2/c1-4-15-9-13-7-14(11(3)20-13)21(17,18)16-8-12-5-6-19-10(12)2/h7,10,12,15-16H,4-6,8-9H2,1-3H3. The molecule has 0 radical (unpaired) electrons. The Morgan fingerprint density at radius 3 is 2.86 bits per heavy atom. The van der Waals surface area contributed by atoms with E-state index in [1.165, 1.54) is 11.3 Å². The number of nitrogens with one attached hydrogen (secondary N) is 2. The molecule has 0 amide bonds. The van der Waals surface area contributed by atoms with Crippen LogP contribution in [0.2, 0.25) is 0 Å². The summed E-state index contributed by atoms with van der Waals surface area (Å²) in [6, 6.07) is 1.78. The second-order valence-corrected chi connectivity index (χ2v) is 8.47. The number of thiophene rings is 1. The van der Waals surface area contributed by atoms with Crippen molar-refractivity contribution >= 4 is 21.4 Å². The zero-order valence-corrected chi connectivity index (χ0v) is 14.4. The predicted octanol–water partition coefficient (Wildman–Crippen LogP) is 1.87. The molecule has 120 valence electrons. The SMILES string of the molecule is CCNCc1cc(S(=O)(=O)NCC2CCOC2C)c(C)s1. The van der Waals surface area contributed by atoms with Crippen molar-refractivity contribution in [3.05, 3.63) is 15.8 Å². The third kappa shape index (κ3) is 4.26. The molecule has 2 heterocycles. The van der Waals surface area contributed by atoms with Crippen LogP contribution in [-0.4, -0.2) is 34.2 Å². The fraction of sp³-hybridized carbons (Fsp3) is 0.714. The second kappa shape index (κ2) is 7.19. The van der Waals surface area contributed by atoms with Crippen molar-refractivity contribution in [3.63, 3.8) is 0 Å². The molecule has 2 N–H and O–H groups in total. The summed E-state index contributed by atoms with van der Waals surface area (Å²) in [4.78, 5) is 2.30. The number of aryl methyl sites for hydroxylation is 1. The quantitative estimate of drug-likeness (QED) is 0.800. The van der Waals surface area contributed by atoms with Crippen molar-refractivity contribution in [2.24, 2.45) is 5.92 Å². The van der Waals surface area contributed by atoms with Crippen LogP contribution in [0.25, 0.3) is 0 Å². The minimum Gasteiger partial charge on any atom is -0.378 e. The van der Waals surface area contributed by atoms with Gasteiger partial charge < -0.3 is 10.1 Å². The molecule has 0 aliphatic carbocycles. The highest BCUT2D eigenvalue weighted by Crippen LogP contribution is 2.26. The molecule has 2 atom stereocenters. The highest BCUT2D eigenvalue weighted by atomic mass is 32.2. The van der Waals surface area contributed by atoms with E-state index in [2.05, 4.69) is 10.0 Å². The minimum atomic E-state index is -3.43. The van der Waals surface area contributed by atoms with Gasteiger partial charge in [-0.25, -0.2) is 13.1 Å². The van der Waals surface area contributed by atoms with Gasteiger partial charge in [0.05, 0.1) is 11.0 Å². The topological polar surface area (TPSA) is 67.4 Å². The first-order chi connectivity index (χ1) is 9.94. The van der Waals surface area contributed by atoms with E-state index in [4.69, 9.17) is 4.74 Å². The Bertz CT molecular complexity index is 569. The highest BCUT2D eigenvalue weighted by molar-refractivity contribution is 7.89. The maximum absolute atomic E-state index is 12.4. The first-order valence-corrected chi connectivity index (χ1v) is 9.65. The van der Waals surface area contributed by atoms with Gasteiger partial charge >= 0.3 is 0 Å². The molecule has 1 aliphatic heterocycles. The van der Waals surface area contributed by atoms with Gasteiger partial charge in [0.25, 0.3) is 0 Å². The van der Waals surface area contributed by atoms with Gasteiger partial charge in [-0.3, -0.25) is 0 Å².